The van der Waals surface area contributed by atoms with Gasteiger partial charge < -0.3 is 5.32 Å². The van der Waals surface area contributed by atoms with Crippen molar-refractivity contribution in [3.05, 3.63) is 24.4 Å². The molecule has 0 bridgehead atoms. The highest BCUT2D eigenvalue weighted by Crippen LogP contribution is 2.06. The van der Waals surface area contributed by atoms with E-state index >= 15 is 0 Å². The van der Waals surface area contributed by atoms with Crippen molar-refractivity contribution in [2.24, 2.45) is 0 Å². The molecule has 0 radical (unpaired) electrons. The standard InChI is InChI=1S/C8H11NO/c1-8(2)5-3-7(10)4-6-9-8/h3-6,9H,1-2H3. The minimum atomic E-state index is -0.0946. The lowest BCUT2D eigenvalue weighted by molar-refractivity contribution is -0.110. The van der Waals surface area contributed by atoms with E-state index in [1.54, 1.807) is 12.3 Å². The Kier molecular flexibility index (Phi) is 1.62. The van der Waals surface area contributed by atoms with Crippen molar-refractivity contribution in [3.63, 3.8) is 0 Å². The Bertz CT molecular complexity index is 201. The van der Waals surface area contributed by atoms with Crippen molar-refractivity contribution < 1.29 is 4.79 Å². The summed E-state index contributed by atoms with van der Waals surface area (Å²) in [5, 5.41) is 3.06. The van der Waals surface area contributed by atoms with Gasteiger partial charge in [0.2, 0.25) is 0 Å². The molecule has 0 aromatic heterocycles. The van der Waals surface area contributed by atoms with E-state index in [0.29, 0.717) is 0 Å². The first-order valence-corrected chi connectivity index (χ1v) is 3.28. The number of nitrogens with one attached hydrogen (secondary N) is 1. The predicted octanol–water partition coefficient (Wildman–Crippen LogP) is 1.01. The summed E-state index contributed by atoms with van der Waals surface area (Å²) < 4.78 is 0. The van der Waals surface area contributed by atoms with Gasteiger partial charge in [-0.3, -0.25) is 4.79 Å². The average molecular weight is 137 g/mol. The molecule has 0 atom stereocenters. The topological polar surface area (TPSA) is 29.1 Å². The molecule has 0 amide bonds. The zero-order valence-corrected chi connectivity index (χ0v) is 6.22. The molecule has 1 heterocycles. The van der Waals surface area contributed by atoms with Gasteiger partial charge in [-0.2, -0.15) is 0 Å². The highest BCUT2D eigenvalue weighted by Gasteiger charge is 2.12. The van der Waals surface area contributed by atoms with Crippen molar-refractivity contribution in [2.75, 3.05) is 0 Å². The SMILES string of the molecule is CC1(C)C=CC(=O)C=CN1. The van der Waals surface area contributed by atoms with Crippen molar-refractivity contribution in [3.8, 4) is 0 Å². The van der Waals surface area contributed by atoms with Gasteiger partial charge in [0.05, 0.1) is 0 Å². The highest BCUT2D eigenvalue weighted by atomic mass is 16.1. The van der Waals surface area contributed by atoms with Gasteiger partial charge in [0, 0.05) is 17.8 Å². The summed E-state index contributed by atoms with van der Waals surface area (Å²) in [6.07, 6.45) is 6.64. The lowest BCUT2D eigenvalue weighted by Crippen LogP contribution is -2.32. The van der Waals surface area contributed by atoms with Gasteiger partial charge in [-0.1, -0.05) is 6.08 Å². The molecule has 1 N–H and O–H groups in total. The third-order valence-corrected chi connectivity index (χ3v) is 1.37. The fourth-order valence-electron chi connectivity index (χ4n) is 0.733. The molecule has 0 saturated heterocycles. The van der Waals surface area contributed by atoms with Crippen molar-refractivity contribution >= 4 is 5.78 Å². The van der Waals surface area contributed by atoms with Crippen molar-refractivity contribution in [1.82, 2.24) is 5.32 Å². The first-order chi connectivity index (χ1) is 4.60. The molecule has 0 spiro atoms. The molecule has 0 aromatic rings. The average Bonchev–Trinajstić information content (AvgIpc) is 1.94. The first-order valence-electron chi connectivity index (χ1n) is 3.28. The lowest BCUT2D eigenvalue weighted by atomic mass is 10.1. The lowest BCUT2D eigenvalue weighted by Gasteiger charge is -2.18. The fraction of sp³-hybridized carbons (Fsp3) is 0.375. The second-order valence-corrected chi connectivity index (χ2v) is 2.94. The van der Waals surface area contributed by atoms with Crippen molar-refractivity contribution in [1.29, 1.82) is 0 Å². The van der Waals surface area contributed by atoms with E-state index in [4.69, 9.17) is 0 Å². The number of ketones is 1. The summed E-state index contributed by atoms with van der Waals surface area (Å²) in [4.78, 5) is 10.8. The first kappa shape index (κ1) is 7.06. The number of hydrogen-bond donors (Lipinski definition) is 1. The van der Waals surface area contributed by atoms with Crippen LogP contribution in [0.1, 0.15) is 13.8 Å². The molecule has 10 heavy (non-hydrogen) atoms. The van der Waals surface area contributed by atoms with E-state index in [-0.39, 0.29) is 11.3 Å². The zero-order chi connectivity index (χ0) is 7.61. The maximum atomic E-state index is 10.8. The van der Waals surface area contributed by atoms with Crippen LogP contribution in [-0.4, -0.2) is 11.3 Å². The van der Waals surface area contributed by atoms with Gasteiger partial charge >= 0.3 is 0 Å². The minimum Gasteiger partial charge on any atom is -0.382 e. The molecule has 2 nitrogen and oxygen atoms in total. The summed E-state index contributed by atoms with van der Waals surface area (Å²) in [7, 11) is 0. The summed E-state index contributed by atoms with van der Waals surface area (Å²) in [5.41, 5.74) is -0.0946. The van der Waals surface area contributed by atoms with Crippen LogP contribution in [0.5, 0.6) is 0 Å². The van der Waals surface area contributed by atoms with Crippen LogP contribution in [0.2, 0.25) is 0 Å². The third kappa shape index (κ3) is 1.72. The molecule has 54 valence electrons. The monoisotopic (exact) mass is 137 g/mol. The largest absolute Gasteiger partial charge is 0.382 e. The molecular formula is C8H11NO. The molecule has 2 heteroatoms. The quantitative estimate of drug-likeness (QED) is 0.539. The van der Waals surface area contributed by atoms with Crippen LogP contribution in [0.3, 0.4) is 0 Å². The Balaban J connectivity index is 2.82. The fourth-order valence-corrected chi connectivity index (χ4v) is 0.733. The van der Waals surface area contributed by atoms with Crippen LogP contribution < -0.4 is 5.32 Å². The van der Waals surface area contributed by atoms with Crippen LogP contribution >= 0.6 is 0 Å². The number of carbonyl (C=O) groups is 1. The number of carbonyl (C=O) groups excluding carboxylic acids is 1. The summed E-state index contributed by atoms with van der Waals surface area (Å²) in [6.45, 7) is 4.01. The van der Waals surface area contributed by atoms with Gasteiger partial charge in [0.1, 0.15) is 0 Å². The van der Waals surface area contributed by atoms with Gasteiger partial charge in [-0.25, -0.2) is 0 Å². The molecular weight excluding hydrogens is 126 g/mol. The zero-order valence-electron chi connectivity index (χ0n) is 6.22. The maximum absolute atomic E-state index is 10.8. The molecule has 0 unspecified atom stereocenters. The molecule has 0 saturated carbocycles. The van der Waals surface area contributed by atoms with E-state index in [1.807, 2.05) is 19.9 Å². The molecule has 0 aromatic carbocycles. The Morgan fingerprint density at radius 3 is 2.80 bits per heavy atom. The Hall–Kier alpha value is -1.05. The van der Waals surface area contributed by atoms with Crippen LogP contribution in [0.25, 0.3) is 0 Å². The molecule has 1 aliphatic heterocycles. The molecule has 1 rings (SSSR count). The number of allylic oxidation sites excluding steroid dienone is 2. The predicted molar refractivity (Wildman–Crippen MR) is 40.5 cm³/mol. The summed E-state index contributed by atoms with van der Waals surface area (Å²) in [6, 6.07) is 0. The smallest absolute Gasteiger partial charge is 0.179 e. The number of hydrogen-bond acceptors (Lipinski definition) is 2. The third-order valence-electron chi connectivity index (χ3n) is 1.37. The van der Waals surface area contributed by atoms with Crippen LogP contribution in [0.4, 0.5) is 0 Å². The van der Waals surface area contributed by atoms with E-state index in [2.05, 4.69) is 5.32 Å². The second-order valence-electron chi connectivity index (χ2n) is 2.94. The molecule has 0 fully saturated rings. The van der Waals surface area contributed by atoms with Gasteiger partial charge in [0.25, 0.3) is 0 Å². The maximum Gasteiger partial charge on any atom is 0.179 e. The van der Waals surface area contributed by atoms with Gasteiger partial charge in [-0.15, -0.1) is 0 Å². The van der Waals surface area contributed by atoms with E-state index in [1.165, 1.54) is 6.08 Å². The van der Waals surface area contributed by atoms with Crippen LogP contribution in [0, 0.1) is 0 Å². The van der Waals surface area contributed by atoms with E-state index in [0.717, 1.165) is 0 Å². The normalized spacial score (nSPS) is 22.0. The summed E-state index contributed by atoms with van der Waals surface area (Å²) >= 11 is 0. The Morgan fingerprint density at radius 2 is 2.10 bits per heavy atom. The highest BCUT2D eigenvalue weighted by molar-refractivity contribution is 5.99. The second kappa shape index (κ2) is 2.29. The molecule has 0 aliphatic carbocycles. The Labute approximate surface area is 60.6 Å². The minimum absolute atomic E-state index is 0.0399. The Morgan fingerprint density at radius 1 is 1.40 bits per heavy atom. The number of rotatable bonds is 0. The van der Waals surface area contributed by atoms with Gasteiger partial charge in [-0.05, 0) is 19.9 Å². The molecule has 1 aliphatic rings. The van der Waals surface area contributed by atoms with Gasteiger partial charge in [0.15, 0.2) is 5.78 Å². The van der Waals surface area contributed by atoms with Crippen LogP contribution in [-0.2, 0) is 4.79 Å². The van der Waals surface area contributed by atoms with Crippen LogP contribution in [0.15, 0.2) is 24.4 Å². The van der Waals surface area contributed by atoms with Crippen molar-refractivity contribution in [2.45, 2.75) is 19.4 Å². The van der Waals surface area contributed by atoms with E-state index in [9.17, 15) is 4.79 Å². The summed E-state index contributed by atoms with van der Waals surface area (Å²) in [5.74, 6) is 0.0399. The van der Waals surface area contributed by atoms with E-state index < -0.39 is 0 Å².